The molecule has 0 aromatic carbocycles. The van der Waals surface area contributed by atoms with E-state index >= 15 is 0 Å². The van der Waals surface area contributed by atoms with Gasteiger partial charge in [0.25, 0.3) is 0 Å². The Kier molecular flexibility index (Phi) is 3.43. The van der Waals surface area contributed by atoms with E-state index in [1.54, 1.807) is 23.4 Å². The van der Waals surface area contributed by atoms with Crippen molar-refractivity contribution in [3.63, 3.8) is 0 Å². The second-order valence-corrected chi connectivity index (χ2v) is 3.21. The second kappa shape index (κ2) is 4.58. The van der Waals surface area contributed by atoms with Crippen LogP contribution in [-0.4, -0.2) is 30.3 Å². The van der Waals surface area contributed by atoms with Crippen LogP contribution in [0, 0.1) is 11.3 Å². The smallest absolute Gasteiger partial charge is 0.167 e. The molecule has 0 radical (unpaired) electrons. The average molecular weight is 209 g/mol. The van der Waals surface area contributed by atoms with Crippen LogP contribution in [0.3, 0.4) is 0 Å². The van der Waals surface area contributed by atoms with Gasteiger partial charge < -0.3 is 4.90 Å². The highest BCUT2D eigenvalue weighted by Crippen LogP contribution is 2.18. The van der Waals surface area contributed by atoms with Crippen molar-refractivity contribution < 1.29 is 0 Å². The third kappa shape index (κ3) is 2.71. The average Bonchev–Trinajstić information content (AvgIpc) is 2.15. The first-order chi connectivity index (χ1) is 6.63. The molecule has 72 valence electrons. The van der Waals surface area contributed by atoms with Gasteiger partial charge in [0, 0.05) is 14.1 Å². The molecule has 14 heavy (non-hydrogen) atoms. The van der Waals surface area contributed by atoms with E-state index in [0.29, 0.717) is 10.8 Å². The van der Waals surface area contributed by atoms with Gasteiger partial charge in [0.15, 0.2) is 5.69 Å². The van der Waals surface area contributed by atoms with Crippen LogP contribution in [0.15, 0.2) is 17.1 Å². The van der Waals surface area contributed by atoms with Crippen LogP contribution >= 0.6 is 11.6 Å². The van der Waals surface area contributed by atoms with Gasteiger partial charge in [0.1, 0.15) is 16.9 Å². The Morgan fingerprint density at radius 2 is 2.29 bits per heavy atom. The molecule has 0 saturated carbocycles. The summed E-state index contributed by atoms with van der Waals surface area (Å²) in [5.41, 5.74) is 0.751. The highest BCUT2D eigenvalue weighted by molar-refractivity contribution is 6.29. The summed E-state index contributed by atoms with van der Waals surface area (Å²) in [7, 11) is 3.69. The highest BCUT2D eigenvalue weighted by atomic mass is 35.5. The molecule has 0 unspecified atom stereocenters. The molecule has 1 heterocycles. The maximum absolute atomic E-state index is 8.75. The SMILES string of the molecule is CN(C)/C=N/c1ccc(Cl)nc1C#N. The number of aliphatic imine (C=N–C) groups is 1. The minimum atomic E-state index is 0.232. The Hall–Kier alpha value is -1.60. The van der Waals surface area contributed by atoms with E-state index in [1.807, 2.05) is 20.2 Å². The third-order valence-electron chi connectivity index (χ3n) is 1.37. The summed E-state index contributed by atoms with van der Waals surface area (Å²) < 4.78 is 0. The van der Waals surface area contributed by atoms with E-state index in [2.05, 4.69) is 9.98 Å². The van der Waals surface area contributed by atoms with Crippen molar-refractivity contribution >= 4 is 23.6 Å². The Labute approximate surface area is 87.5 Å². The van der Waals surface area contributed by atoms with Crippen LogP contribution < -0.4 is 0 Å². The molecule has 0 fully saturated rings. The van der Waals surface area contributed by atoms with Crippen molar-refractivity contribution in [3.05, 3.63) is 23.0 Å². The first kappa shape index (κ1) is 10.5. The predicted molar refractivity (Wildman–Crippen MR) is 55.8 cm³/mol. The quantitative estimate of drug-likeness (QED) is 0.423. The first-order valence-electron chi connectivity index (χ1n) is 3.90. The highest BCUT2D eigenvalue weighted by Gasteiger charge is 2.01. The second-order valence-electron chi connectivity index (χ2n) is 2.82. The zero-order valence-corrected chi connectivity index (χ0v) is 8.65. The normalized spacial score (nSPS) is 10.1. The number of hydrogen-bond acceptors (Lipinski definition) is 3. The molecule has 0 bridgehead atoms. The minimum Gasteiger partial charge on any atom is -0.369 e. The molecule has 0 aliphatic carbocycles. The Morgan fingerprint density at radius 3 is 2.86 bits per heavy atom. The topological polar surface area (TPSA) is 52.3 Å². The predicted octanol–water partition coefficient (Wildman–Crippen LogP) is 1.83. The lowest BCUT2D eigenvalue weighted by Crippen LogP contribution is -2.07. The summed E-state index contributed by atoms with van der Waals surface area (Å²) in [5, 5.41) is 9.05. The number of nitrogens with zero attached hydrogens (tertiary/aromatic N) is 4. The van der Waals surface area contributed by atoms with E-state index in [-0.39, 0.29) is 5.69 Å². The number of nitriles is 1. The molecular weight excluding hydrogens is 200 g/mol. The summed E-state index contributed by atoms with van der Waals surface area (Å²) in [6, 6.07) is 5.19. The molecule has 1 aromatic heterocycles. The van der Waals surface area contributed by atoms with Gasteiger partial charge >= 0.3 is 0 Å². The monoisotopic (exact) mass is 208 g/mol. The lowest BCUT2D eigenvalue weighted by atomic mass is 10.3. The van der Waals surface area contributed by atoms with Crippen LogP contribution in [0.5, 0.6) is 0 Å². The fraction of sp³-hybridized carbons (Fsp3) is 0.222. The van der Waals surface area contributed by atoms with E-state index in [9.17, 15) is 0 Å². The van der Waals surface area contributed by atoms with E-state index in [0.717, 1.165) is 0 Å². The number of pyridine rings is 1. The van der Waals surface area contributed by atoms with Crippen molar-refractivity contribution in [1.29, 1.82) is 5.26 Å². The van der Waals surface area contributed by atoms with Crippen molar-refractivity contribution in [1.82, 2.24) is 9.88 Å². The van der Waals surface area contributed by atoms with Crippen LogP contribution in [0.1, 0.15) is 5.69 Å². The van der Waals surface area contributed by atoms with E-state index in [1.165, 1.54) is 0 Å². The summed E-state index contributed by atoms with van der Waals surface area (Å²) in [5.74, 6) is 0. The number of halogens is 1. The van der Waals surface area contributed by atoms with Crippen molar-refractivity contribution in [3.8, 4) is 6.07 Å². The van der Waals surface area contributed by atoms with Gasteiger partial charge in [-0.1, -0.05) is 11.6 Å². The zero-order valence-electron chi connectivity index (χ0n) is 7.90. The molecule has 0 aliphatic rings. The lowest BCUT2D eigenvalue weighted by Gasteiger charge is -2.02. The Balaban J connectivity index is 3.04. The van der Waals surface area contributed by atoms with Gasteiger partial charge in [-0.15, -0.1) is 0 Å². The lowest BCUT2D eigenvalue weighted by molar-refractivity contribution is 0.643. The summed E-state index contributed by atoms with van der Waals surface area (Å²) >= 11 is 5.63. The molecule has 0 N–H and O–H groups in total. The molecule has 0 spiro atoms. The number of rotatable bonds is 2. The van der Waals surface area contributed by atoms with Gasteiger partial charge in [0.05, 0.1) is 6.34 Å². The number of aromatic nitrogens is 1. The molecule has 4 nitrogen and oxygen atoms in total. The van der Waals surface area contributed by atoms with Crippen LogP contribution in [0.25, 0.3) is 0 Å². The zero-order chi connectivity index (χ0) is 10.6. The Morgan fingerprint density at radius 1 is 1.57 bits per heavy atom. The van der Waals surface area contributed by atoms with Gasteiger partial charge in [-0.3, -0.25) is 0 Å². The van der Waals surface area contributed by atoms with Crippen LogP contribution in [-0.2, 0) is 0 Å². The minimum absolute atomic E-state index is 0.232. The molecule has 0 saturated heterocycles. The molecule has 0 aliphatic heterocycles. The Bertz CT molecular complexity index is 392. The summed E-state index contributed by atoms with van der Waals surface area (Å²) in [6.07, 6.45) is 1.60. The molecule has 1 aromatic rings. The molecule has 5 heteroatoms. The fourth-order valence-electron chi connectivity index (χ4n) is 0.792. The van der Waals surface area contributed by atoms with E-state index in [4.69, 9.17) is 16.9 Å². The maximum atomic E-state index is 8.75. The third-order valence-corrected chi connectivity index (χ3v) is 1.58. The largest absolute Gasteiger partial charge is 0.369 e. The fourth-order valence-corrected chi connectivity index (χ4v) is 0.940. The number of hydrogen-bond donors (Lipinski definition) is 0. The summed E-state index contributed by atoms with van der Waals surface area (Å²) in [6.45, 7) is 0. The van der Waals surface area contributed by atoms with Gasteiger partial charge in [0.2, 0.25) is 0 Å². The molecule has 0 amide bonds. The molecule has 1 rings (SSSR count). The van der Waals surface area contributed by atoms with Crippen LogP contribution in [0.2, 0.25) is 5.15 Å². The molecular formula is C9H9ClN4. The van der Waals surface area contributed by atoms with Crippen molar-refractivity contribution in [2.24, 2.45) is 4.99 Å². The summed E-state index contributed by atoms with van der Waals surface area (Å²) in [4.78, 5) is 9.69. The van der Waals surface area contributed by atoms with Crippen LogP contribution in [0.4, 0.5) is 5.69 Å². The molecule has 0 atom stereocenters. The van der Waals surface area contributed by atoms with Gasteiger partial charge in [-0.05, 0) is 12.1 Å². The standard InChI is InChI=1S/C9H9ClN4/c1-14(2)6-12-7-3-4-9(10)13-8(7)5-11/h3-4,6H,1-2H3/b12-6+. The first-order valence-corrected chi connectivity index (χ1v) is 4.28. The van der Waals surface area contributed by atoms with Gasteiger partial charge in [-0.2, -0.15) is 5.26 Å². The van der Waals surface area contributed by atoms with E-state index < -0.39 is 0 Å². The van der Waals surface area contributed by atoms with Crippen molar-refractivity contribution in [2.75, 3.05) is 14.1 Å². The maximum Gasteiger partial charge on any atom is 0.167 e. The van der Waals surface area contributed by atoms with Crippen molar-refractivity contribution in [2.45, 2.75) is 0 Å². The van der Waals surface area contributed by atoms with Gasteiger partial charge in [-0.25, -0.2) is 9.98 Å².